The second-order valence-corrected chi connectivity index (χ2v) is 6.18. The summed E-state index contributed by atoms with van der Waals surface area (Å²) in [6.45, 7) is 2.87. The molecule has 1 aromatic carbocycles. The first-order chi connectivity index (χ1) is 12.0. The first kappa shape index (κ1) is 19.1. The lowest BCUT2D eigenvalue weighted by Gasteiger charge is -2.34. The van der Waals surface area contributed by atoms with E-state index in [1.54, 1.807) is 51.4 Å². The van der Waals surface area contributed by atoms with Crippen LogP contribution >= 0.6 is 0 Å². The molecule has 2 amide bonds. The molecule has 1 N–H and O–H groups in total. The molecule has 7 nitrogen and oxygen atoms in total. The van der Waals surface area contributed by atoms with Crippen LogP contribution in [-0.4, -0.2) is 51.8 Å². The molecule has 1 aliphatic rings. The fourth-order valence-electron chi connectivity index (χ4n) is 3.02. The molecule has 0 bridgehead atoms. The molecule has 0 aromatic heterocycles. The molecule has 1 heterocycles. The number of carbonyl (C=O) groups excluding carboxylic acids is 2. The van der Waals surface area contributed by atoms with Crippen molar-refractivity contribution in [2.24, 2.45) is 0 Å². The maximum absolute atomic E-state index is 12.8. The van der Waals surface area contributed by atoms with E-state index in [9.17, 15) is 9.59 Å². The Kier molecular flexibility index (Phi) is 6.25. The van der Waals surface area contributed by atoms with Crippen LogP contribution in [0.3, 0.4) is 0 Å². The van der Waals surface area contributed by atoms with Crippen molar-refractivity contribution in [1.29, 1.82) is 0 Å². The number of hydrogen-bond acceptors (Lipinski definition) is 5. The van der Waals surface area contributed by atoms with Crippen molar-refractivity contribution in [3.8, 4) is 11.5 Å². The summed E-state index contributed by atoms with van der Waals surface area (Å²) in [5.74, 6) is 0.870. The second-order valence-electron chi connectivity index (χ2n) is 6.18. The van der Waals surface area contributed by atoms with Gasteiger partial charge in [-0.3, -0.25) is 14.5 Å². The minimum absolute atomic E-state index is 0.0927. The second kappa shape index (κ2) is 8.20. The molecule has 0 unspecified atom stereocenters. The predicted molar refractivity (Wildman–Crippen MR) is 94.2 cm³/mol. The molecule has 0 spiro atoms. The van der Waals surface area contributed by atoms with Crippen LogP contribution in [0.4, 0.5) is 5.69 Å². The quantitative estimate of drug-likeness (QED) is 0.723. The van der Waals surface area contributed by atoms with Crippen LogP contribution in [-0.2, 0) is 14.3 Å². The van der Waals surface area contributed by atoms with Crippen LogP contribution in [0.5, 0.6) is 11.5 Å². The third-order valence-electron chi connectivity index (χ3n) is 4.46. The van der Waals surface area contributed by atoms with Gasteiger partial charge in [0.15, 0.2) is 0 Å². The first-order valence-electron chi connectivity index (χ1n) is 8.29. The maximum Gasteiger partial charge on any atom is 0.246 e. The number of anilines is 1. The Bertz CT molecular complexity index is 612. The average molecular weight is 350 g/mol. The number of amides is 2. The number of rotatable bonds is 8. The molecular formula is C18H26N2O5. The van der Waals surface area contributed by atoms with Crippen molar-refractivity contribution in [2.45, 2.75) is 31.7 Å². The summed E-state index contributed by atoms with van der Waals surface area (Å²) in [6.07, 6.45) is 1.50. The minimum atomic E-state index is -0.943. The Labute approximate surface area is 148 Å². The number of nitrogens with zero attached hydrogens (tertiary/aromatic N) is 1. The lowest BCUT2D eigenvalue weighted by molar-refractivity contribution is -0.127. The van der Waals surface area contributed by atoms with E-state index in [1.165, 1.54) is 0 Å². The summed E-state index contributed by atoms with van der Waals surface area (Å²) in [5, 5.41) is 2.90. The molecule has 2 rings (SSSR count). The van der Waals surface area contributed by atoms with Crippen molar-refractivity contribution in [2.75, 3.05) is 39.4 Å². The third-order valence-corrected chi connectivity index (χ3v) is 4.46. The lowest BCUT2D eigenvalue weighted by atomic mass is 9.97. The first-order valence-corrected chi connectivity index (χ1v) is 8.29. The number of methoxy groups -OCH3 is 3. The van der Waals surface area contributed by atoms with Gasteiger partial charge in [-0.25, -0.2) is 0 Å². The lowest BCUT2D eigenvalue weighted by Crippen LogP contribution is -2.55. The van der Waals surface area contributed by atoms with Crippen LogP contribution in [0.2, 0.25) is 0 Å². The molecule has 1 aromatic rings. The van der Waals surface area contributed by atoms with Gasteiger partial charge >= 0.3 is 0 Å². The van der Waals surface area contributed by atoms with E-state index in [4.69, 9.17) is 14.2 Å². The molecule has 1 aliphatic heterocycles. The number of carbonyl (C=O) groups is 2. The summed E-state index contributed by atoms with van der Waals surface area (Å²) in [6, 6.07) is 5.20. The fourth-order valence-corrected chi connectivity index (χ4v) is 3.02. The highest BCUT2D eigenvalue weighted by molar-refractivity contribution is 6.06. The number of nitrogens with one attached hydrogen (secondary N) is 1. The van der Waals surface area contributed by atoms with Gasteiger partial charge in [0.2, 0.25) is 11.8 Å². The Morgan fingerprint density at radius 1 is 1.20 bits per heavy atom. The zero-order valence-electron chi connectivity index (χ0n) is 15.3. The average Bonchev–Trinajstić information content (AvgIpc) is 2.94. The van der Waals surface area contributed by atoms with Crippen molar-refractivity contribution in [3.05, 3.63) is 18.2 Å². The van der Waals surface area contributed by atoms with Crippen LogP contribution in [0.25, 0.3) is 0 Å². The summed E-state index contributed by atoms with van der Waals surface area (Å²) in [7, 11) is 4.72. The Hall–Kier alpha value is -2.28. The summed E-state index contributed by atoms with van der Waals surface area (Å²) >= 11 is 0. The van der Waals surface area contributed by atoms with Gasteiger partial charge in [-0.1, -0.05) is 0 Å². The van der Waals surface area contributed by atoms with E-state index in [2.05, 4.69) is 5.32 Å². The van der Waals surface area contributed by atoms with E-state index in [0.29, 0.717) is 43.2 Å². The molecule has 0 aliphatic carbocycles. The molecule has 1 atom stereocenters. The van der Waals surface area contributed by atoms with Gasteiger partial charge in [-0.2, -0.15) is 0 Å². The van der Waals surface area contributed by atoms with Crippen LogP contribution in [0, 0.1) is 0 Å². The Morgan fingerprint density at radius 3 is 2.40 bits per heavy atom. The highest BCUT2D eigenvalue weighted by Gasteiger charge is 2.48. The van der Waals surface area contributed by atoms with Gasteiger partial charge in [-0.05, 0) is 19.8 Å². The van der Waals surface area contributed by atoms with E-state index in [-0.39, 0.29) is 11.8 Å². The zero-order chi connectivity index (χ0) is 18.4. The highest BCUT2D eigenvalue weighted by atomic mass is 16.5. The minimum Gasteiger partial charge on any atom is -0.497 e. The smallest absolute Gasteiger partial charge is 0.246 e. The van der Waals surface area contributed by atoms with Crippen LogP contribution < -0.4 is 19.7 Å². The van der Waals surface area contributed by atoms with Crippen molar-refractivity contribution in [1.82, 2.24) is 5.32 Å². The topological polar surface area (TPSA) is 77.1 Å². The molecule has 1 saturated heterocycles. The standard InChI is InChI=1S/C18H26N2O5/c1-18(17(22)19-8-5-9-23-2)7-6-16(21)20(18)13-10-14(24-3)12-15(11-13)25-4/h10-12H,5-9H2,1-4H3,(H,19,22)/t18-/m1/s1. The summed E-state index contributed by atoms with van der Waals surface area (Å²) < 4.78 is 15.5. The van der Waals surface area contributed by atoms with Crippen LogP contribution in [0.15, 0.2) is 18.2 Å². The van der Waals surface area contributed by atoms with Crippen molar-refractivity contribution < 1.29 is 23.8 Å². The SMILES string of the molecule is COCCCNC(=O)[C@@]1(C)CCC(=O)N1c1cc(OC)cc(OC)c1. The molecule has 0 saturated carbocycles. The maximum atomic E-state index is 12.8. The van der Waals surface area contributed by atoms with E-state index < -0.39 is 5.54 Å². The van der Waals surface area contributed by atoms with Gasteiger partial charge in [0.1, 0.15) is 17.0 Å². The monoisotopic (exact) mass is 350 g/mol. The number of benzene rings is 1. The zero-order valence-corrected chi connectivity index (χ0v) is 15.3. The summed E-state index contributed by atoms with van der Waals surface area (Å²) in [4.78, 5) is 26.8. The highest BCUT2D eigenvalue weighted by Crippen LogP contribution is 2.38. The number of hydrogen-bond donors (Lipinski definition) is 1. The van der Waals surface area contributed by atoms with Gasteiger partial charge in [0.25, 0.3) is 0 Å². The molecule has 0 radical (unpaired) electrons. The molecule has 1 fully saturated rings. The largest absolute Gasteiger partial charge is 0.497 e. The fraction of sp³-hybridized carbons (Fsp3) is 0.556. The molecular weight excluding hydrogens is 324 g/mol. The van der Waals surface area contributed by atoms with E-state index >= 15 is 0 Å². The van der Waals surface area contributed by atoms with Gasteiger partial charge in [0, 0.05) is 44.9 Å². The van der Waals surface area contributed by atoms with Crippen molar-refractivity contribution in [3.63, 3.8) is 0 Å². The van der Waals surface area contributed by atoms with Gasteiger partial charge in [0.05, 0.1) is 19.9 Å². The third kappa shape index (κ3) is 4.04. The van der Waals surface area contributed by atoms with Crippen LogP contribution in [0.1, 0.15) is 26.2 Å². The van der Waals surface area contributed by atoms with E-state index in [0.717, 1.165) is 6.42 Å². The predicted octanol–water partition coefficient (Wildman–Crippen LogP) is 1.74. The molecule has 138 valence electrons. The molecule has 25 heavy (non-hydrogen) atoms. The van der Waals surface area contributed by atoms with Crippen molar-refractivity contribution >= 4 is 17.5 Å². The normalized spacial score (nSPS) is 19.8. The Morgan fingerprint density at radius 2 is 1.84 bits per heavy atom. The molecule has 7 heteroatoms. The Balaban J connectivity index is 2.27. The number of ether oxygens (including phenoxy) is 3. The van der Waals surface area contributed by atoms with Gasteiger partial charge in [-0.15, -0.1) is 0 Å². The van der Waals surface area contributed by atoms with E-state index in [1.807, 2.05) is 0 Å². The van der Waals surface area contributed by atoms with Gasteiger partial charge < -0.3 is 19.5 Å². The summed E-state index contributed by atoms with van der Waals surface area (Å²) in [5.41, 5.74) is -0.352.